The molecule has 150 valence electrons. The minimum atomic E-state index is -0.980. The highest BCUT2D eigenvalue weighted by Crippen LogP contribution is 2.44. The van der Waals surface area contributed by atoms with Gasteiger partial charge >= 0.3 is 12.1 Å². The Balaban J connectivity index is 1.29. The fourth-order valence-electron chi connectivity index (χ4n) is 3.61. The number of carbonyl (C=O) groups excluding carboxylic acids is 1. The van der Waals surface area contributed by atoms with Crippen molar-refractivity contribution in [3.8, 4) is 23.0 Å². The van der Waals surface area contributed by atoms with Crippen molar-refractivity contribution >= 4 is 23.4 Å². The number of nitrogens with one attached hydrogen (secondary N) is 1. The Bertz CT molecular complexity index is 1110. The Hall–Kier alpha value is -3.56. The topological polar surface area (TPSA) is 75.6 Å². The number of carboxylic acids is 1. The van der Waals surface area contributed by atoms with E-state index in [4.69, 9.17) is 9.84 Å². The summed E-state index contributed by atoms with van der Waals surface area (Å²) in [6.07, 6.45) is -0.0838. The second-order valence-corrected chi connectivity index (χ2v) is 7.69. The summed E-state index contributed by atoms with van der Waals surface area (Å²) in [5.74, 6) is 4.76. The molecule has 2 aromatic carbocycles. The zero-order chi connectivity index (χ0) is 20.9. The number of carboxylic acid groups (broad SMARTS) is 1. The quantitative estimate of drug-likeness (QED) is 0.465. The maximum Gasteiger partial charge on any atom is 0.407 e. The number of ether oxygens (including phenoxy) is 1. The fraction of sp³-hybridized carbons (Fsp3) is 0.167. The summed E-state index contributed by atoms with van der Waals surface area (Å²) in [5, 5.41) is 13.5. The number of hydrogen-bond acceptors (Lipinski definition) is 4. The second kappa shape index (κ2) is 8.85. The molecule has 5 nitrogen and oxygen atoms in total. The summed E-state index contributed by atoms with van der Waals surface area (Å²) in [4.78, 5) is 23.4. The summed E-state index contributed by atoms with van der Waals surface area (Å²) in [7, 11) is 0. The molecule has 0 bridgehead atoms. The minimum absolute atomic E-state index is 0.0240. The number of aromatic carboxylic acids is 1. The van der Waals surface area contributed by atoms with Crippen LogP contribution in [0.3, 0.4) is 0 Å². The Morgan fingerprint density at radius 2 is 1.70 bits per heavy atom. The van der Waals surface area contributed by atoms with E-state index in [-0.39, 0.29) is 17.4 Å². The maximum atomic E-state index is 12.1. The number of fused-ring (bicyclic) bond motifs is 3. The first kappa shape index (κ1) is 19.7. The number of carbonyl (C=O) groups is 2. The molecule has 1 heterocycles. The van der Waals surface area contributed by atoms with Crippen molar-refractivity contribution in [3.05, 3.63) is 81.5 Å². The molecule has 0 saturated carbocycles. The molecule has 0 spiro atoms. The van der Waals surface area contributed by atoms with Crippen molar-refractivity contribution in [2.75, 3.05) is 13.2 Å². The third-order valence-electron chi connectivity index (χ3n) is 4.95. The second-order valence-electron chi connectivity index (χ2n) is 6.77. The van der Waals surface area contributed by atoms with Crippen LogP contribution in [0.5, 0.6) is 0 Å². The lowest BCUT2D eigenvalue weighted by Crippen LogP contribution is -2.26. The van der Waals surface area contributed by atoms with Crippen molar-refractivity contribution in [2.24, 2.45) is 0 Å². The van der Waals surface area contributed by atoms with Crippen LogP contribution in [0.15, 0.2) is 60.0 Å². The van der Waals surface area contributed by atoms with Gasteiger partial charge in [0.2, 0.25) is 0 Å². The molecule has 0 atom stereocenters. The summed E-state index contributed by atoms with van der Waals surface area (Å²) < 4.78 is 5.47. The van der Waals surface area contributed by atoms with E-state index in [0.717, 1.165) is 11.3 Å². The molecule has 0 unspecified atom stereocenters. The van der Waals surface area contributed by atoms with Crippen LogP contribution < -0.4 is 5.32 Å². The number of thiophene rings is 1. The zero-order valence-corrected chi connectivity index (χ0v) is 16.9. The van der Waals surface area contributed by atoms with Crippen LogP contribution in [0.1, 0.15) is 38.7 Å². The fourth-order valence-corrected chi connectivity index (χ4v) is 4.29. The van der Waals surface area contributed by atoms with E-state index in [9.17, 15) is 9.59 Å². The van der Waals surface area contributed by atoms with Crippen LogP contribution in [0, 0.1) is 11.8 Å². The zero-order valence-electron chi connectivity index (χ0n) is 16.1. The van der Waals surface area contributed by atoms with Gasteiger partial charge in [-0.1, -0.05) is 60.4 Å². The predicted molar refractivity (Wildman–Crippen MR) is 116 cm³/mol. The third kappa shape index (κ3) is 4.07. The van der Waals surface area contributed by atoms with E-state index in [1.165, 1.54) is 22.3 Å². The summed E-state index contributed by atoms with van der Waals surface area (Å²) in [6, 6.07) is 18.1. The first-order valence-corrected chi connectivity index (χ1v) is 10.4. The molecule has 0 saturated heterocycles. The van der Waals surface area contributed by atoms with Crippen LogP contribution in [0.4, 0.5) is 4.79 Å². The van der Waals surface area contributed by atoms with E-state index >= 15 is 0 Å². The van der Waals surface area contributed by atoms with E-state index in [2.05, 4.69) is 41.4 Å². The van der Waals surface area contributed by atoms with Crippen molar-refractivity contribution in [1.29, 1.82) is 0 Å². The summed E-state index contributed by atoms with van der Waals surface area (Å²) >= 11 is 1.14. The Morgan fingerprint density at radius 1 is 1.03 bits per heavy atom. The normalized spacial score (nSPS) is 11.7. The number of amides is 1. The number of rotatable bonds is 5. The van der Waals surface area contributed by atoms with Crippen LogP contribution in [-0.4, -0.2) is 30.3 Å². The molecule has 1 amide bonds. The van der Waals surface area contributed by atoms with Gasteiger partial charge in [0.25, 0.3) is 0 Å². The largest absolute Gasteiger partial charge is 0.477 e. The average molecular weight is 417 g/mol. The molecule has 30 heavy (non-hydrogen) atoms. The lowest BCUT2D eigenvalue weighted by molar-refractivity contribution is 0.0702. The van der Waals surface area contributed by atoms with Gasteiger partial charge in [0, 0.05) is 24.4 Å². The van der Waals surface area contributed by atoms with E-state index in [0.29, 0.717) is 18.5 Å². The molecule has 6 heteroatoms. The standard InChI is InChI=1S/C24H19NO4S/c26-23(27)22-16(12-14-30-22)7-5-6-13-25-24(28)29-15-21-19-10-3-1-8-17(19)18-9-2-4-11-20(18)21/h1-4,8-12,14,21H,6,13,15H2,(H,25,28)(H,26,27). The van der Waals surface area contributed by atoms with Crippen molar-refractivity contribution in [3.63, 3.8) is 0 Å². The van der Waals surface area contributed by atoms with Gasteiger partial charge in [-0.2, -0.15) is 0 Å². The van der Waals surface area contributed by atoms with Gasteiger partial charge in [-0.15, -0.1) is 11.3 Å². The van der Waals surface area contributed by atoms with Gasteiger partial charge in [0.05, 0.1) is 0 Å². The molecular formula is C24H19NO4S. The van der Waals surface area contributed by atoms with Crippen LogP contribution in [0.2, 0.25) is 0 Å². The first-order valence-electron chi connectivity index (χ1n) is 9.53. The molecule has 2 N–H and O–H groups in total. The average Bonchev–Trinajstić information content (AvgIpc) is 3.35. The van der Waals surface area contributed by atoms with Gasteiger partial charge in [-0.25, -0.2) is 9.59 Å². The molecule has 0 radical (unpaired) electrons. The van der Waals surface area contributed by atoms with E-state index in [1.807, 2.05) is 24.3 Å². The molecule has 1 aromatic heterocycles. The van der Waals surface area contributed by atoms with Gasteiger partial charge < -0.3 is 15.2 Å². The maximum absolute atomic E-state index is 12.1. The van der Waals surface area contributed by atoms with Crippen molar-refractivity contribution in [2.45, 2.75) is 12.3 Å². The van der Waals surface area contributed by atoms with Gasteiger partial charge in [0.15, 0.2) is 0 Å². The third-order valence-corrected chi connectivity index (χ3v) is 5.85. The molecular weight excluding hydrogens is 398 g/mol. The highest BCUT2D eigenvalue weighted by molar-refractivity contribution is 7.12. The van der Waals surface area contributed by atoms with Crippen LogP contribution in [-0.2, 0) is 4.74 Å². The smallest absolute Gasteiger partial charge is 0.407 e. The lowest BCUT2D eigenvalue weighted by Gasteiger charge is -2.14. The van der Waals surface area contributed by atoms with Crippen molar-refractivity contribution in [1.82, 2.24) is 5.32 Å². The van der Waals surface area contributed by atoms with Gasteiger partial charge in [-0.3, -0.25) is 0 Å². The predicted octanol–water partition coefficient (Wildman–Crippen LogP) is 4.73. The lowest BCUT2D eigenvalue weighted by atomic mass is 9.98. The highest BCUT2D eigenvalue weighted by atomic mass is 32.1. The SMILES string of the molecule is O=C(NCCC#Cc1ccsc1C(=O)O)OCC1c2ccccc2-c2ccccc21. The van der Waals surface area contributed by atoms with Gasteiger partial charge in [0.1, 0.15) is 11.5 Å². The Labute approximate surface area is 178 Å². The summed E-state index contributed by atoms with van der Waals surface area (Å²) in [6.45, 7) is 0.596. The van der Waals surface area contributed by atoms with Crippen molar-refractivity contribution < 1.29 is 19.4 Å². The molecule has 4 rings (SSSR count). The Kier molecular flexibility index (Phi) is 5.82. The first-order chi connectivity index (χ1) is 14.6. The van der Waals surface area contributed by atoms with Crippen LogP contribution in [0.25, 0.3) is 11.1 Å². The van der Waals surface area contributed by atoms with E-state index < -0.39 is 12.1 Å². The summed E-state index contributed by atoms with van der Waals surface area (Å²) in [5.41, 5.74) is 5.21. The molecule has 1 aliphatic carbocycles. The van der Waals surface area contributed by atoms with E-state index in [1.54, 1.807) is 11.4 Å². The van der Waals surface area contributed by atoms with Gasteiger partial charge in [-0.05, 0) is 33.7 Å². The highest BCUT2D eigenvalue weighted by Gasteiger charge is 2.28. The minimum Gasteiger partial charge on any atom is -0.477 e. The molecule has 3 aromatic rings. The van der Waals surface area contributed by atoms with Crippen LogP contribution >= 0.6 is 11.3 Å². The Morgan fingerprint density at radius 3 is 2.37 bits per heavy atom. The number of hydrogen-bond donors (Lipinski definition) is 2. The molecule has 0 aliphatic heterocycles. The molecule has 1 aliphatic rings. The monoisotopic (exact) mass is 417 g/mol. The number of benzene rings is 2. The number of alkyl carbamates (subject to hydrolysis) is 1. The molecule has 0 fully saturated rings.